The van der Waals surface area contributed by atoms with E-state index >= 15 is 0 Å². The molecule has 2 aromatic rings. The Morgan fingerprint density at radius 2 is 1.88 bits per heavy atom. The van der Waals surface area contributed by atoms with Crippen LogP contribution in [0.3, 0.4) is 0 Å². The van der Waals surface area contributed by atoms with Crippen molar-refractivity contribution in [3.8, 4) is 0 Å². The highest BCUT2D eigenvalue weighted by Gasteiger charge is 2.25. The average Bonchev–Trinajstić information content (AvgIpc) is 2.60. The highest BCUT2D eigenvalue weighted by Crippen LogP contribution is 2.28. The third-order valence-corrected chi connectivity index (χ3v) is 5.47. The Morgan fingerprint density at radius 1 is 1.23 bits per heavy atom. The van der Waals surface area contributed by atoms with Gasteiger partial charge in [-0.2, -0.15) is 0 Å². The van der Waals surface area contributed by atoms with Crippen LogP contribution in [-0.4, -0.2) is 27.5 Å². The first-order chi connectivity index (χ1) is 12.3. The van der Waals surface area contributed by atoms with Crippen LogP contribution in [0.4, 0.5) is 10.1 Å². The van der Waals surface area contributed by atoms with Crippen molar-refractivity contribution in [2.24, 2.45) is 0 Å². The lowest BCUT2D eigenvalue weighted by Crippen LogP contribution is -2.31. The molecule has 0 saturated carbocycles. The zero-order valence-electron chi connectivity index (χ0n) is 14.6. The molecule has 0 unspecified atom stereocenters. The van der Waals surface area contributed by atoms with Gasteiger partial charge >= 0.3 is 5.97 Å². The van der Waals surface area contributed by atoms with Crippen molar-refractivity contribution in [3.63, 3.8) is 0 Å². The number of carbonyl (C=O) groups is 1. The molecule has 0 aliphatic rings. The van der Waals surface area contributed by atoms with Crippen LogP contribution >= 0.6 is 0 Å². The molecule has 0 saturated heterocycles. The van der Waals surface area contributed by atoms with Crippen LogP contribution in [-0.2, 0) is 14.8 Å². The number of hydrogen-bond acceptors (Lipinski definition) is 4. The van der Waals surface area contributed by atoms with Gasteiger partial charge in [-0.3, -0.25) is 4.31 Å². The van der Waals surface area contributed by atoms with Gasteiger partial charge in [-0.15, -0.1) is 6.58 Å². The second-order valence-electron chi connectivity index (χ2n) is 5.50. The van der Waals surface area contributed by atoms with E-state index < -0.39 is 21.8 Å². The van der Waals surface area contributed by atoms with Gasteiger partial charge in [0, 0.05) is 0 Å². The quantitative estimate of drug-likeness (QED) is 0.545. The fraction of sp³-hybridized carbons (Fsp3) is 0.211. The number of ether oxygens (including phenoxy) is 1. The third kappa shape index (κ3) is 4.11. The molecule has 0 spiro atoms. The molecule has 2 rings (SSSR count). The summed E-state index contributed by atoms with van der Waals surface area (Å²) in [5, 5.41) is 0. The lowest BCUT2D eigenvalue weighted by atomic mass is 10.1. The fourth-order valence-corrected chi connectivity index (χ4v) is 3.95. The summed E-state index contributed by atoms with van der Waals surface area (Å²) < 4.78 is 45.2. The first kappa shape index (κ1) is 19.7. The van der Waals surface area contributed by atoms with E-state index in [1.54, 1.807) is 26.0 Å². The maximum atomic E-state index is 13.1. The summed E-state index contributed by atoms with van der Waals surface area (Å²) in [7, 11) is -3.92. The largest absolute Gasteiger partial charge is 0.462 e. The number of esters is 1. The second-order valence-corrected chi connectivity index (χ2v) is 7.36. The first-order valence-electron chi connectivity index (χ1n) is 7.98. The lowest BCUT2D eigenvalue weighted by molar-refractivity contribution is 0.0526. The number of halogens is 1. The van der Waals surface area contributed by atoms with E-state index in [1.165, 1.54) is 24.3 Å². The first-order valence-corrected chi connectivity index (χ1v) is 9.42. The molecule has 0 N–H and O–H groups in total. The summed E-state index contributed by atoms with van der Waals surface area (Å²) in [6, 6.07) is 9.24. The van der Waals surface area contributed by atoms with Crippen LogP contribution in [0.1, 0.15) is 22.8 Å². The van der Waals surface area contributed by atoms with Gasteiger partial charge in [-0.25, -0.2) is 17.6 Å². The molecule has 0 aliphatic heterocycles. The van der Waals surface area contributed by atoms with Crippen molar-refractivity contribution in [2.45, 2.75) is 18.7 Å². The Balaban J connectivity index is 2.48. The summed E-state index contributed by atoms with van der Waals surface area (Å²) in [6.45, 7) is 7.30. The molecule has 0 fully saturated rings. The van der Waals surface area contributed by atoms with Crippen molar-refractivity contribution in [1.82, 2.24) is 0 Å². The van der Waals surface area contributed by atoms with E-state index in [2.05, 4.69) is 6.58 Å². The maximum Gasteiger partial charge on any atom is 0.338 e. The summed E-state index contributed by atoms with van der Waals surface area (Å²) in [5.74, 6) is -0.993. The highest BCUT2D eigenvalue weighted by molar-refractivity contribution is 7.92. The number of sulfonamides is 1. The van der Waals surface area contributed by atoms with Gasteiger partial charge in [0.2, 0.25) is 0 Å². The van der Waals surface area contributed by atoms with E-state index in [0.29, 0.717) is 16.8 Å². The SMILES string of the molecule is C=CCN(c1ccc(C(=O)OCC)cc1C)S(=O)(=O)c1ccc(F)cc1. The minimum absolute atomic E-state index is 0.0271. The van der Waals surface area contributed by atoms with Crippen LogP contribution in [0.25, 0.3) is 0 Å². The lowest BCUT2D eigenvalue weighted by Gasteiger charge is -2.25. The molecule has 0 heterocycles. The zero-order valence-corrected chi connectivity index (χ0v) is 15.4. The van der Waals surface area contributed by atoms with Gasteiger partial charge in [0.15, 0.2) is 0 Å². The Hall–Kier alpha value is -2.67. The molecule has 2 aromatic carbocycles. The summed E-state index contributed by atoms with van der Waals surface area (Å²) >= 11 is 0. The van der Waals surface area contributed by atoms with E-state index in [1.807, 2.05) is 0 Å². The molecular weight excluding hydrogens is 357 g/mol. The number of carbonyl (C=O) groups excluding carboxylic acids is 1. The molecule has 7 heteroatoms. The monoisotopic (exact) mass is 377 g/mol. The molecule has 138 valence electrons. The summed E-state index contributed by atoms with van der Waals surface area (Å²) in [6.07, 6.45) is 1.46. The number of aryl methyl sites for hydroxylation is 1. The van der Waals surface area contributed by atoms with E-state index in [4.69, 9.17) is 4.74 Å². The standard InChI is InChI=1S/C19H20FNO4S/c1-4-12-21(26(23,24)17-9-7-16(20)8-10-17)18-11-6-15(13-14(18)3)19(22)25-5-2/h4,6-11,13H,1,5,12H2,2-3H3. The summed E-state index contributed by atoms with van der Waals surface area (Å²) in [5.41, 5.74) is 1.33. The van der Waals surface area contributed by atoms with Gasteiger partial charge in [0.25, 0.3) is 10.0 Å². The fourth-order valence-electron chi connectivity index (χ4n) is 2.45. The summed E-state index contributed by atoms with van der Waals surface area (Å²) in [4.78, 5) is 11.8. The molecule has 0 aliphatic carbocycles. The van der Waals surface area contributed by atoms with Crippen molar-refractivity contribution in [2.75, 3.05) is 17.5 Å². The Kier molecular flexibility index (Phi) is 6.15. The topological polar surface area (TPSA) is 63.7 Å². The van der Waals surface area contributed by atoms with Crippen LogP contribution < -0.4 is 4.31 Å². The van der Waals surface area contributed by atoms with Crippen molar-refractivity contribution in [1.29, 1.82) is 0 Å². The number of anilines is 1. The molecule has 0 bridgehead atoms. The predicted molar refractivity (Wildman–Crippen MR) is 98.3 cm³/mol. The van der Waals surface area contributed by atoms with E-state index in [-0.39, 0.29) is 18.0 Å². The minimum Gasteiger partial charge on any atom is -0.462 e. The van der Waals surface area contributed by atoms with Crippen molar-refractivity contribution >= 4 is 21.7 Å². The van der Waals surface area contributed by atoms with Gasteiger partial charge in [0.05, 0.1) is 29.3 Å². The molecule has 5 nitrogen and oxygen atoms in total. The van der Waals surface area contributed by atoms with Crippen LogP contribution in [0.5, 0.6) is 0 Å². The molecular formula is C19H20FNO4S. The highest BCUT2D eigenvalue weighted by atomic mass is 32.2. The Bertz CT molecular complexity index is 908. The second kappa shape index (κ2) is 8.14. The molecule has 26 heavy (non-hydrogen) atoms. The smallest absolute Gasteiger partial charge is 0.338 e. The Morgan fingerprint density at radius 3 is 2.42 bits per heavy atom. The number of benzene rings is 2. The number of hydrogen-bond donors (Lipinski definition) is 0. The van der Waals surface area contributed by atoms with Gasteiger partial charge in [-0.05, 0) is 61.9 Å². The van der Waals surface area contributed by atoms with Gasteiger partial charge in [-0.1, -0.05) is 6.08 Å². The van der Waals surface area contributed by atoms with Crippen LogP contribution in [0.15, 0.2) is 60.0 Å². The van der Waals surface area contributed by atoms with Crippen molar-refractivity contribution in [3.05, 3.63) is 72.1 Å². The Labute approximate surface area is 152 Å². The molecule has 0 aromatic heterocycles. The van der Waals surface area contributed by atoms with Gasteiger partial charge < -0.3 is 4.74 Å². The van der Waals surface area contributed by atoms with E-state index in [9.17, 15) is 17.6 Å². The van der Waals surface area contributed by atoms with Crippen molar-refractivity contribution < 1.29 is 22.3 Å². The zero-order chi connectivity index (χ0) is 19.3. The number of nitrogens with zero attached hydrogens (tertiary/aromatic N) is 1. The van der Waals surface area contributed by atoms with Crippen LogP contribution in [0, 0.1) is 12.7 Å². The third-order valence-electron chi connectivity index (χ3n) is 3.67. The van der Waals surface area contributed by atoms with Gasteiger partial charge in [0.1, 0.15) is 5.82 Å². The molecule has 0 radical (unpaired) electrons. The maximum absolute atomic E-state index is 13.1. The average molecular weight is 377 g/mol. The number of rotatable bonds is 7. The molecule has 0 atom stereocenters. The molecule has 0 amide bonds. The predicted octanol–water partition coefficient (Wildman–Crippen LogP) is 3.69. The van der Waals surface area contributed by atoms with Crippen LogP contribution in [0.2, 0.25) is 0 Å². The van der Waals surface area contributed by atoms with E-state index in [0.717, 1.165) is 16.4 Å². The normalized spacial score (nSPS) is 11.0. The minimum atomic E-state index is -3.92.